The minimum Gasteiger partial charge on any atom is -0.352 e. The van der Waals surface area contributed by atoms with E-state index in [0.717, 1.165) is 24.9 Å². The molecule has 0 aromatic heterocycles. The monoisotopic (exact) mass is 290 g/mol. The molecule has 2 rings (SSSR count). The number of nitrogens with two attached hydrogens (primary N) is 1. The second-order valence-corrected chi connectivity index (χ2v) is 5.04. The standard InChI is InChI=1S/C15H22N4O2/c16-7-1-2-8-17-14(20)12-5-3-6-13(11-12)19-10-4-9-18-15(19)21/h3,5-6,11H,1-2,4,7-10,16H2,(H,17,20)(H,18,21). The van der Waals surface area contributed by atoms with Crippen molar-refractivity contribution in [3.05, 3.63) is 29.8 Å². The first-order valence-corrected chi connectivity index (χ1v) is 7.36. The molecule has 1 aromatic carbocycles. The Labute approximate surface area is 124 Å². The Morgan fingerprint density at radius 1 is 1.38 bits per heavy atom. The molecule has 1 fully saturated rings. The smallest absolute Gasteiger partial charge is 0.321 e. The van der Waals surface area contributed by atoms with Crippen LogP contribution in [0.25, 0.3) is 0 Å². The van der Waals surface area contributed by atoms with Crippen molar-refractivity contribution in [1.29, 1.82) is 0 Å². The van der Waals surface area contributed by atoms with E-state index in [1.165, 1.54) is 0 Å². The summed E-state index contributed by atoms with van der Waals surface area (Å²) < 4.78 is 0. The molecule has 0 unspecified atom stereocenters. The van der Waals surface area contributed by atoms with Crippen LogP contribution in [-0.2, 0) is 0 Å². The number of urea groups is 1. The summed E-state index contributed by atoms with van der Waals surface area (Å²) in [5.41, 5.74) is 6.74. The van der Waals surface area contributed by atoms with E-state index in [1.54, 1.807) is 23.1 Å². The average Bonchev–Trinajstić information content (AvgIpc) is 2.52. The van der Waals surface area contributed by atoms with E-state index >= 15 is 0 Å². The molecule has 21 heavy (non-hydrogen) atoms. The van der Waals surface area contributed by atoms with Crippen molar-refractivity contribution in [2.24, 2.45) is 5.73 Å². The number of amides is 3. The number of unbranched alkanes of at least 4 members (excludes halogenated alkanes) is 1. The number of anilines is 1. The lowest BCUT2D eigenvalue weighted by Gasteiger charge is -2.27. The maximum atomic E-state index is 12.1. The first-order valence-electron chi connectivity index (χ1n) is 7.36. The van der Waals surface area contributed by atoms with Crippen molar-refractivity contribution in [1.82, 2.24) is 10.6 Å². The number of benzene rings is 1. The van der Waals surface area contributed by atoms with Crippen LogP contribution in [0.3, 0.4) is 0 Å². The number of carbonyl (C=O) groups excluding carboxylic acids is 2. The van der Waals surface area contributed by atoms with E-state index in [4.69, 9.17) is 5.73 Å². The van der Waals surface area contributed by atoms with Gasteiger partial charge in [-0.15, -0.1) is 0 Å². The summed E-state index contributed by atoms with van der Waals surface area (Å²) in [5.74, 6) is -0.119. The maximum absolute atomic E-state index is 12.1. The number of nitrogens with zero attached hydrogens (tertiary/aromatic N) is 1. The van der Waals surface area contributed by atoms with Crippen LogP contribution in [0, 0.1) is 0 Å². The van der Waals surface area contributed by atoms with Crippen LogP contribution in [0.15, 0.2) is 24.3 Å². The van der Waals surface area contributed by atoms with Gasteiger partial charge >= 0.3 is 6.03 Å². The molecule has 114 valence electrons. The third-order valence-electron chi connectivity index (χ3n) is 3.42. The number of carbonyl (C=O) groups is 2. The highest BCUT2D eigenvalue weighted by Gasteiger charge is 2.19. The van der Waals surface area contributed by atoms with Gasteiger partial charge in [0.05, 0.1) is 0 Å². The molecule has 0 radical (unpaired) electrons. The summed E-state index contributed by atoms with van der Waals surface area (Å²) in [5, 5.41) is 5.66. The van der Waals surface area contributed by atoms with Crippen LogP contribution in [0.4, 0.5) is 10.5 Å². The van der Waals surface area contributed by atoms with Crippen LogP contribution in [0.1, 0.15) is 29.6 Å². The predicted octanol–water partition coefficient (Wildman–Crippen LogP) is 1.07. The molecule has 6 nitrogen and oxygen atoms in total. The highest BCUT2D eigenvalue weighted by molar-refractivity contribution is 5.97. The van der Waals surface area contributed by atoms with Crippen molar-refractivity contribution in [2.75, 3.05) is 31.1 Å². The van der Waals surface area contributed by atoms with Gasteiger partial charge in [-0.25, -0.2) is 4.79 Å². The van der Waals surface area contributed by atoms with Gasteiger partial charge in [0.1, 0.15) is 0 Å². The van der Waals surface area contributed by atoms with Gasteiger partial charge in [-0.05, 0) is 44.0 Å². The van der Waals surface area contributed by atoms with Gasteiger partial charge in [0.15, 0.2) is 0 Å². The number of hydrogen-bond donors (Lipinski definition) is 3. The van der Waals surface area contributed by atoms with Gasteiger partial charge in [-0.1, -0.05) is 6.07 Å². The molecule has 1 aliphatic rings. The minimum atomic E-state index is -0.119. The van der Waals surface area contributed by atoms with Crippen LogP contribution >= 0.6 is 0 Å². The lowest BCUT2D eigenvalue weighted by atomic mass is 10.1. The van der Waals surface area contributed by atoms with E-state index in [-0.39, 0.29) is 11.9 Å². The molecular formula is C15H22N4O2. The zero-order chi connectivity index (χ0) is 15.1. The summed E-state index contributed by atoms with van der Waals surface area (Å²) in [7, 11) is 0. The fourth-order valence-corrected chi connectivity index (χ4v) is 2.26. The van der Waals surface area contributed by atoms with Crippen molar-refractivity contribution in [3.63, 3.8) is 0 Å². The third kappa shape index (κ3) is 4.19. The van der Waals surface area contributed by atoms with Crippen LogP contribution in [0.2, 0.25) is 0 Å². The van der Waals surface area contributed by atoms with E-state index in [2.05, 4.69) is 10.6 Å². The molecule has 1 saturated heterocycles. The normalized spacial score (nSPS) is 14.7. The van der Waals surface area contributed by atoms with Gasteiger partial charge in [0, 0.05) is 30.9 Å². The topological polar surface area (TPSA) is 87.5 Å². The van der Waals surface area contributed by atoms with Gasteiger partial charge in [-0.3, -0.25) is 9.69 Å². The van der Waals surface area contributed by atoms with Gasteiger partial charge in [-0.2, -0.15) is 0 Å². The van der Waals surface area contributed by atoms with Crippen LogP contribution in [0.5, 0.6) is 0 Å². The third-order valence-corrected chi connectivity index (χ3v) is 3.42. The predicted molar refractivity (Wildman–Crippen MR) is 82.4 cm³/mol. The Balaban J connectivity index is 1.99. The zero-order valence-corrected chi connectivity index (χ0v) is 12.1. The Hall–Kier alpha value is -2.08. The van der Waals surface area contributed by atoms with Crippen molar-refractivity contribution in [2.45, 2.75) is 19.3 Å². The minimum absolute atomic E-state index is 0.109. The molecule has 0 saturated carbocycles. The lowest BCUT2D eigenvalue weighted by Crippen LogP contribution is -2.46. The second-order valence-electron chi connectivity index (χ2n) is 5.04. The van der Waals surface area contributed by atoms with Crippen LogP contribution in [-0.4, -0.2) is 38.1 Å². The highest BCUT2D eigenvalue weighted by Crippen LogP contribution is 2.18. The van der Waals surface area contributed by atoms with Crippen LogP contribution < -0.4 is 21.3 Å². The number of rotatable bonds is 6. The van der Waals surface area contributed by atoms with Gasteiger partial charge < -0.3 is 16.4 Å². The van der Waals surface area contributed by atoms with Gasteiger partial charge in [0.2, 0.25) is 0 Å². The summed E-state index contributed by atoms with van der Waals surface area (Å²) in [6.07, 6.45) is 2.67. The van der Waals surface area contributed by atoms with Gasteiger partial charge in [0.25, 0.3) is 5.91 Å². The maximum Gasteiger partial charge on any atom is 0.321 e. The molecular weight excluding hydrogens is 268 g/mol. The molecule has 0 bridgehead atoms. The Morgan fingerprint density at radius 3 is 3.00 bits per heavy atom. The fourth-order valence-electron chi connectivity index (χ4n) is 2.26. The zero-order valence-electron chi connectivity index (χ0n) is 12.1. The Kier molecular flexibility index (Phi) is 5.57. The Morgan fingerprint density at radius 2 is 2.24 bits per heavy atom. The summed E-state index contributed by atoms with van der Waals surface area (Å²) in [4.78, 5) is 25.5. The number of nitrogens with one attached hydrogen (secondary N) is 2. The quantitative estimate of drug-likeness (QED) is 0.685. The lowest BCUT2D eigenvalue weighted by molar-refractivity contribution is 0.0953. The summed E-state index contributed by atoms with van der Waals surface area (Å²) in [6, 6.07) is 7.04. The van der Waals surface area contributed by atoms with Crippen molar-refractivity contribution < 1.29 is 9.59 Å². The molecule has 3 amide bonds. The summed E-state index contributed by atoms with van der Waals surface area (Å²) >= 11 is 0. The Bertz CT molecular complexity index is 504. The highest BCUT2D eigenvalue weighted by atomic mass is 16.2. The van der Waals surface area contributed by atoms with E-state index in [1.807, 2.05) is 6.07 Å². The molecule has 6 heteroatoms. The van der Waals surface area contributed by atoms with Crippen molar-refractivity contribution in [3.8, 4) is 0 Å². The molecule has 4 N–H and O–H groups in total. The molecule has 0 atom stereocenters. The van der Waals surface area contributed by atoms with E-state index in [0.29, 0.717) is 31.7 Å². The number of hydrogen-bond acceptors (Lipinski definition) is 3. The SMILES string of the molecule is NCCCCNC(=O)c1cccc(N2CCCNC2=O)c1. The molecule has 1 heterocycles. The largest absolute Gasteiger partial charge is 0.352 e. The van der Waals surface area contributed by atoms with E-state index < -0.39 is 0 Å². The fraction of sp³-hybridized carbons (Fsp3) is 0.467. The first-order chi connectivity index (χ1) is 10.2. The first kappa shape index (κ1) is 15.3. The molecule has 0 spiro atoms. The average molecular weight is 290 g/mol. The molecule has 1 aromatic rings. The second kappa shape index (κ2) is 7.64. The van der Waals surface area contributed by atoms with Crippen molar-refractivity contribution >= 4 is 17.6 Å². The summed E-state index contributed by atoms with van der Waals surface area (Å²) in [6.45, 7) is 2.63. The van der Waals surface area contributed by atoms with E-state index in [9.17, 15) is 9.59 Å². The molecule has 0 aliphatic carbocycles. The molecule has 1 aliphatic heterocycles.